The van der Waals surface area contributed by atoms with E-state index < -0.39 is 0 Å². The fraction of sp³-hybridized carbons (Fsp3) is 0.273. The van der Waals surface area contributed by atoms with E-state index in [9.17, 15) is 4.79 Å². The molecule has 0 unspecified atom stereocenters. The van der Waals surface area contributed by atoms with E-state index in [1.807, 2.05) is 23.1 Å². The highest BCUT2D eigenvalue weighted by Gasteiger charge is 2.20. The minimum Gasteiger partial charge on any atom is -0.484 e. The van der Waals surface area contributed by atoms with E-state index in [-0.39, 0.29) is 12.5 Å². The third-order valence-electron chi connectivity index (χ3n) is 4.54. The van der Waals surface area contributed by atoms with Crippen LogP contribution in [0, 0.1) is 11.3 Å². The zero-order valence-corrected chi connectivity index (χ0v) is 15.3. The average molecular weight is 361 g/mol. The summed E-state index contributed by atoms with van der Waals surface area (Å²) in [5.74, 6) is 0.603. The van der Waals surface area contributed by atoms with Crippen LogP contribution in [0.3, 0.4) is 0 Å². The van der Waals surface area contributed by atoms with Gasteiger partial charge in [0.1, 0.15) is 5.75 Å². The molecule has 0 atom stereocenters. The maximum absolute atomic E-state index is 12.3. The molecule has 1 aliphatic rings. The summed E-state index contributed by atoms with van der Waals surface area (Å²) in [5.41, 5.74) is 1.78. The molecule has 0 radical (unpaired) electrons. The highest BCUT2D eigenvalue weighted by molar-refractivity contribution is 5.77. The van der Waals surface area contributed by atoms with Crippen LogP contribution in [0.4, 0.5) is 0 Å². The Bertz CT molecular complexity index is 802. The van der Waals surface area contributed by atoms with E-state index in [2.05, 4.69) is 35.3 Å². The largest absolute Gasteiger partial charge is 0.484 e. The zero-order chi connectivity index (χ0) is 18.9. The molecule has 138 valence electrons. The summed E-state index contributed by atoms with van der Waals surface area (Å²) in [5, 5.41) is 8.79. The molecule has 0 N–H and O–H groups in total. The van der Waals surface area contributed by atoms with Gasteiger partial charge in [0, 0.05) is 32.7 Å². The Balaban J connectivity index is 1.38. The first-order valence-corrected chi connectivity index (χ1v) is 9.09. The van der Waals surface area contributed by atoms with Gasteiger partial charge in [-0.05, 0) is 29.8 Å². The molecule has 2 aromatic carbocycles. The van der Waals surface area contributed by atoms with Crippen LogP contribution in [0.5, 0.6) is 5.75 Å². The molecule has 0 bridgehead atoms. The van der Waals surface area contributed by atoms with Gasteiger partial charge in [0.15, 0.2) is 6.61 Å². The summed E-state index contributed by atoms with van der Waals surface area (Å²) in [4.78, 5) is 16.5. The molecule has 1 aliphatic heterocycles. The van der Waals surface area contributed by atoms with Crippen molar-refractivity contribution in [1.29, 1.82) is 5.26 Å². The standard InChI is InChI=1S/C22H23N3O2/c23-17-20-8-10-21(11-9-20)27-18-22(26)25-15-13-24(14-16-25)12-4-7-19-5-2-1-3-6-19/h1-11H,12-16,18H2. The third-order valence-corrected chi connectivity index (χ3v) is 4.54. The minimum atomic E-state index is -0.00108. The van der Waals surface area contributed by atoms with Crippen molar-refractivity contribution in [2.24, 2.45) is 0 Å². The lowest BCUT2D eigenvalue weighted by Crippen LogP contribution is -2.49. The van der Waals surface area contributed by atoms with Gasteiger partial charge in [-0.3, -0.25) is 9.69 Å². The Labute approximate surface area is 160 Å². The molecule has 5 nitrogen and oxygen atoms in total. The van der Waals surface area contributed by atoms with Crippen molar-refractivity contribution in [2.45, 2.75) is 0 Å². The Morgan fingerprint density at radius 1 is 1.04 bits per heavy atom. The van der Waals surface area contributed by atoms with E-state index in [4.69, 9.17) is 10.00 Å². The fourth-order valence-corrected chi connectivity index (χ4v) is 2.94. The van der Waals surface area contributed by atoms with Crippen molar-refractivity contribution >= 4 is 12.0 Å². The van der Waals surface area contributed by atoms with Crippen molar-refractivity contribution in [2.75, 3.05) is 39.3 Å². The first-order chi connectivity index (χ1) is 13.2. The molecule has 0 aliphatic carbocycles. The van der Waals surface area contributed by atoms with Crippen molar-refractivity contribution in [3.63, 3.8) is 0 Å². The first-order valence-electron chi connectivity index (χ1n) is 9.09. The maximum atomic E-state index is 12.3. The lowest BCUT2D eigenvalue weighted by molar-refractivity contribution is -0.135. The van der Waals surface area contributed by atoms with Crippen molar-refractivity contribution < 1.29 is 9.53 Å². The second kappa shape index (κ2) is 9.56. The fourth-order valence-electron chi connectivity index (χ4n) is 2.94. The lowest BCUT2D eigenvalue weighted by Gasteiger charge is -2.34. The molecule has 1 amide bonds. The second-order valence-electron chi connectivity index (χ2n) is 6.42. The lowest BCUT2D eigenvalue weighted by atomic mass is 10.2. The number of hydrogen-bond donors (Lipinski definition) is 0. The van der Waals surface area contributed by atoms with Crippen LogP contribution in [0.2, 0.25) is 0 Å². The van der Waals surface area contributed by atoms with Crippen LogP contribution in [0.15, 0.2) is 60.7 Å². The predicted molar refractivity (Wildman–Crippen MR) is 105 cm³/mol. The first kappa shape index (κ1) is 18.7. The van der Waals surface area contributed by atoms with Gasteiger partial charge in [0.2, 0.25) is 0 Å². The van der Waals surface area contributed by atoms with Crippen LogP contribution >= 0.6 is 0 Å². The number of piperazine rings is 1. The number of amides is 1. The number of nitriles is 1. The zero-order valence-electron chi connectivity index (χ0n) is 15.3. The van der Waals surface area contributed by atoms with E-state index >= 15 is 0 Å². The minimum absolute atomic E-state index is 0.00108. The molecule has 1 heterocycles. The van der Waals surface area contributed by atoms with Crippen molar-refractivity contribution in [1.82, 2.24) is 9.80 Å². The smallest absolute Gasteiger partial charge is 0.260 e. The normalized spacial score (nSPS) is 14.9. The third kappa shape index (κ3) is 5.70. The Morgan fingerprint density at radius 3 is 2.41 bits per heavy atom. The van der Waals surface area contributed by atoms with Gasteiger partial charge in [0.05, 0.1) is 11.6 Å². The Morgan fingerprint density at radius 2 is 1.74 bits per heavy atom. The molecular weight excluding hydrogens is 338 g/mol. The molecule has 1 fully saturated rings. The van der Waals surface area contributed by atoms with Crippen molar-refractivity contribution in [3.8, 4) is 11.8 Å². The topological polar surface area (TPSA) is 56.6 Å². The van der Waals surface area contributed by atoms with E-state index in [1.165, 1.54) is 5.56 Å². The Kier molecular flexibility index (Phi) is 6.61. The second-order valence-corrected chi connectivity index (χ2v) is 6.42. The van der Waals surface area contributed by atoms with E-state index in [0.717, 1.165) is 32.7 Å². The summed E-state index contributed by atoms with van der Waals surface area (Å²) in [6, 6.07) is 19.1. The summed E-state index contributed by atoms with van der Waals surface area (Å²) in [6.07, 6.45) is 4.30. The number of rotatable bonds is 6. The van der Waals surface area contributed by atoms with Crippen LogP contribution in [-0.4, -0.2) is 55.0 Å². The monoisotopic (exact) mass is 361 g/mol. The molecule has 1 saturated heterocycles. The summed E-state index contributed by atoms with van der Waals surface area (Å²) < 4.78 is 5.54. The number of hydrogen-bond acceptors (Lipinski definition) is 4. The molecule has 0 aromatic heterocycles. The molecule has 0 saturated carbocycles. The molecular formula is C22H23N3O2. The summed E-state index contributed by atoms with van der Waals surface area (Å²) in [7, 11) is 0. The molecule has 5 heteroatoms. The number of nitrogens with zero attached hydrogens (tertiary/aromatic N) is 3. The van der Waals surface area contributed by atoms with E-state index in [0.29, 0.717) is 11.3 Å². The van der Waals surface area contributed by atoms with Gasteiger partial charge in [0.25, 0.3) is 5.91 Å². The summed E-state index contributed by atoms with van der Waals surface area (Å²) in [6.45, 7) is 4.07. The van der Waals surface area contributed by atoms with E-state index in [1.54, 1.807) is 24.3 Å². The van der Waals surface area contributed by atoms with Gasteiger partial charge < -0.3 is 9.64 Å². The SMILES string of the molecule is N#Cc1ccc(OCC(=O)N2CCN(CC=Cc3ccccc3)CC2)cc1. The van der Waals surface area contributed by atoms with Gasteiger partial charge in [-0.2, -0.15) is 5.26 Å². The van der Waals surface area contributed by atoms with Gasteiger partial charge >= 0.3 is 0 Å². The summed E-state index contributed by atoms with van der Waals surface area (Å²) >= 11 is 0. The van der Waals surface area contributed by atoms with Gasteiger partial charge in [-0.1, -0.05) is 42.5 Å². The maximum Gasteiger partial charge on any atom is 0.260 e. The van der Waals surface area contributed by atoms with Crippen LogP contribution < -0.4 is 4.74 Å². The number of benzene rings is 2. The highest BCUT2D eigenvalue weighted by Crippen LogP contribution is 2.12. The van der Waals surface area contributed by atoms with Crippen LogP contribution in [0.1, 0.15) is 11.1 Å². The quantitative estimate of drug-likeness (QED) is 0.794. The predicted octanol–water partition coefficient (Wildman–Crippen LogP) is 2.79. The Hall–Kier alpha value is -3.10. The van der Waals surface area contributed by atoms with Crippen molar-refractivity contribution in [3.05, 3.63) is 71.8 Å². The molecule has 0 spiro atoms. The average Bonchev–Trinajstić information content (AvgIpc) is 2.73. The molecule has 27 heavy (non-hydrogen) atoms. The van der Waals surface area contributed by atoms with Crippen LogP contribution in [0.25, 0.3) is 6.08 Å². The highest BCUT2D eigenvalue weighted by atomic mass is 16.5. The molecule has 2 aromatic rings. The van der Waals surface area contributed by atoms with Gasteiger partial charge in [-0.15, -0.1) is 0 Å². The van der Waals surface area contributed by atoms with Gasteiger partial charge in [-0.25, -0.2) is 0 Å². The number of carbonyl (C=O) groups excluding carboxylic acids is 1. The van der Waals surface area contributed by atoms with Crippen LogP contribution in [-0.2, 0) is 4.79 Å². The number of ether oxygens (including phenoxy) is 1. The number of carbonyl (C=O) groups is 1. The molecule has 3 rings (SSSR count).